The normalized spacial score (nSPS) is 18.7. The van der Waals surface area contributed by atoms with E-state index in [1.807, 2.05) is 0 Å². The maximum atomic E-state index is 14.8. The number of nitrogens with zero attached hydrogens (tertiary/aromatic N) is 6. The molecule has 10 heteroatoms. The summed E-state index contributed by atoms with van der Waals surface area (Å²) in [5.41, 5.74) is 1.61. The number of carbonyl (C=O) groups excluding carboxylic acids is 1. The average Bonchev–Trinajstić information content (AvgIpc) is 3.32. The molecule has 3 aromatic rings. The highest BCUT2D eigenvalue weighted by Crippen LogP contribution is 2.31. The Morgan fingerprint density at radius 3 is 2.76 bits per heavy atom. The van der Waals surface area contributed by atoms with Crippen LogP contribution in [0.4, 0.5) is 16.2 Å². The molecule has 0 radical (unpaired) electrons. The predicted octanol–water partition coefficient (Wildman–Crippen LogP) is 1.14. The van der Waals surface area contributed by atoms with Crippen molar-refractivity contribution in [2.75, 3.05) is 18.6 Å². The fraction of sp³-hybridized carbons (Fsp3) is 0.316. The maximum Gasteiger partial charge on any atom is 0.250 e. The summed E-state index contributed by atoms with van der Waals surface area (Å²) >= 11 is 0. The Morgan fingerprint density at radius 1 is 1.34 bits per heavy atom. The third-order valence-corrected chi connectivity index (χ3v) is 5.10. The van der Waals surface area contributed by atoms with Crippen molar-refractivity contribution in [3.63, 3.8) is 0 Å². The zero-order chi connectivity index (χ0) is 20.5. The van der Waals surface area contributed by atoms with E-state index >= 15 is 0 Å². The lowest BCUT2D eigenvalue weighted by Crippen LogP contribution is -2.28. The molecule has 1 aliphatic rings. The number of aryl methyl sites for hydroxylation is 1. The summed E-state index contributed by atoms with van der Waals surface area (Å²) in [5, 5.41) is 23.3. The second-order valence-corrected chi connectivity index (χ2v) is 6.98. The van der Waals surface area contributed by atoms with Crippen LogP contribution in [-0.2, 0) is 11.8 Å². The van der Waals surface area contributed by atoms with Gasteiger partial charge in [-0.15, -0.1) is 0 Å². The van der Waals surface area contributed by atoms with E-state index in [0.29, 0.717) is 34.9 Å². The smallest absolute Gasteiger partial charge is 0.250 e. The summed E-state index contributed by atoms with van der Waals surface area (Å²) in [4.78, 5) is 18.2. The van der Waals surface area contributed by atoms with Crippen LogP contribution in [0, 0.1) is 5.82 Å². The number of benzene rings is 1. The minimum atomic E-state index is -0.454. The standard InChI is InChI=1S/C19H20FN7O2/c1-26(19-23-24-25-27(19)2)17-6-4-12(9-21-17)14-5-3-11(7-16(14)20)15-8-13(10-28)22-18(15)29/h3-7,9,13,15,28H,8,10H2,1-2H3,(H,22,29)/t13?,15-/m1/s1. The molecule has 1 amide bonds. The Hall–Kier alpha value is -3.40. The lowest BCUT2D eigenvalue weighted by molar-refractivity contribution is -0.120. The molecule has 2 atom stereocenters. The number of amides is 1. The quantitative estimate of drug-likeness (QED) is 0.665. The summed E-state index contributed by atoms with van der Waals surface area (Å²) < 4.78 is 16.3. The SMILES string of the molecule is CN(c1ccc(-c2ccc([C@H]3CC(CO)NC3=O)cc2F)cn1)c1nnnn1C. The third kappa shape index (κ3) is 3.54. The molecule has 1 aliphatic heterocycles. The second kappa shape index (κ2) is 7.55. The molecular weight excluding hydrogens is 377 g/mol. The summed E-state index contributed by atoms with van der Waals surface area (Å²) in [6, 6.07) is 8.02. The van der Waals surface area contributed by atoms with E-state index in [0.717, 1.165) is 0 Å². The number of carbonyl (C=O) groups is 1. The van der Waals surface area contributed by atoms with Crippen LogP contribution in [0.3, 0.4) is 0 Å². The van der Waals surface area contributed by atoms with Crippen molar-refractivity contribution in [1.29, 1.82) is 0 Å². The summed E-state index contributed by atoms with van der Waals surface area (Å²) in [7, 11) is 3.51. The van der Waals surface area contributed by atoms with Gasteiger partial charge in [-0.1, -0.05) is 17.2 Å². The number of hydrogen-bond acceptors (Lipinski definition) is 7. The third-order valence-electron chi connectivity index (χ3n) is 5.10. The molecule has 1 aromatic carbocycles. The van der Waals surface area contributed by atoms with Gasteiger partial charge in [-0.2, -0.15) is 0 Å². The molecule has 150 valence electrons. The van der Waals surface area contributed by atoms with Gasteiger partial charge in [0.2, 0.25) is 5.91 Å². The first-order valence-electron chi connectivity index (χ1n) is 9.11. The van der Waals surface area contributed by atoms with E-state index in [1.165, 1.54) is 10.7 Å². The van der Waals surface area contributed by atoms with Gasteiger partial charge >= 0.3 is 0 Å². The van der Waals surface area contributed by atoms with Crippen molar-refractivity contribution < 1.29 is 14.3 Å². The zero-order valence-corrected chi connectivity index (χ0v) is 15.9. The van der Waals surface area contributed by atoms with Crippen LogP contribution in [-0.4, -0.2) is 55.9 Å². The summed E-state index contributed by atoms with van der Waals surface area (Å²) in [6.45, 7) is -0.125. The number of halogens is 1. The van der Waals surface area contributed by atoms with Crippen molar-refractivity contribution in [1.82, 2.24) is 30.5 Å². The lowest BCUT2D eigenvalue weighted by Gasteiger charge is -2.16. The first-order chi connectivity index (χ1) is 14.0. The Balaban J connectivity index is 1.56. The van der Waals surface area contributed by atoms with Gasteiger partial charge in [0, 0.05) is 31.4 Å². The topological polar surface area (TPSA) is 109 Å². The predicted molar refractivity (Wildman–Crippen MR) is 103 cm³/mol. The monoisotopic (exact) mass is 397 g/mol. The minimum absolute atomic E-state index is 0.125. The van der Waals surface area contributed by atoms with E-state index in [4.69, 9.17) is 0 Å². The maximum absolute atomic E-state index is 14.8. The van der Waals surface area contributed by atoms with E-state index in [1.54, 1.807) is 49.5 Å². The van der Waals surface area contributed by atoms with Crippen molar-refractivity contribution in [3.05, 3.63) is 47.9 Å². The molecule has 1 fully saturated rings. The van der Waals surface area contributed by atoms with E-state index in [2.05, 4.69) is 25.8 Å². The Labute approximate surface area is 166 Å². The highest BCUT2D eigenvalue weighted by atomic mass is 19.1. The highest BCUT2D eigenvalue weighted by molar-refractivity contribution is 5.86. The first-order valence-corrected chi connectivity index (χ1v) is 9.11. The molecule has 3 heterocycles. The largest absolute Gasteiger partial charge is 0.394 e. The van der Waals surface area contributed by atoms with Gasteiger partial charge in [0.25, 0.3) is 5.95 Å². The van der Waals surface area contributed by atoms with Crippen LogP contribution in [0.25, 0.3) is 11.1 Å². The van der Waals surface area contributed by atoms with Crippen LogP contribution in [0.5, 0.6) is 0 Å². The van der Waals surface area contributed by atoms with Crippen LogP contribution in [0.15, 0.2) is 36.5 Å². The minimum Gasteiger partial charge on any atom is -0.394 e. The van der Waals surface area contributed by atoms with E-state index < -0.39 is 11.7 Å². The molecule has 0 saturated carbocycles. The molecule has 2 aromatic heterocycles. The summed E-state index contributed by atoms with van der Waals surface area (Å²) in [5.74, 6) is 0.0645. The van der Waals surface area contributed by atoms with Gasteiger partial charge in [0.1, 0.15) is 11.6 Å². The highest BCUT2D eigenvalue weighted by Gasteiger charge is 2.33. The van der Waals surface area contributed by atoms with Gasteiger partial charge in [0.05, 0.1) is 18.6 Å². The fourth-order valence-corrected chi connectivity index (χ4v) is 3.50. The zero-order valence-electron chi connectivity index (χ0n) is 15.9. The first kappa shape index (κ1) is 18.9. The molecule has 29 heavy (non-hydrogen) atoms. The molecule has 0 aliphatic carbocycles. The Kier molecular flexibility index (Phi) is 4.93. The van der Waals surface area contributed by atoms with Crippen molar-refractivity contribution in [2.45, 2.75) is 18.4 Å². The molecular formula is C19H20FN7O2. The van der Waals surface area contributed by atoms with Gasteiger partial charge < -0.3 is 10.4 Å². The molecule has 1 saturated heterocycles. The van der Waals surface area contributed by atoms with Crippen molar-refractivity contribution in [3.8, 4) is 11.1 Å². The van der Waals surface area contributed by atoms with Gasteiger partial charge in [-0.25, -0.2) is 14.1 Å². The number of nitrogens with one attached hydrogen (secondary N) is 1. The van der Waals surface area contributed by atoms with E-state index in [9.17, 15) is 14.3 Å². The number of tetrazole rings is 1. The Bertz CT molecular complexity index is 1040. The van der Waals surface area contributed by atoms with Gasteiger partial charge in [0.15, 0.2) is 0 Å². The second-order valence-electron chi connectivity index (χ2n) is 6.98. The molecule has 2 N–H and O–H groups in total. The molecule has 0 bridgehead atoms. The number of hydrogen-bond donors (Lipinski definition) is 2. The fourth-order valence-electron chi connectivity index (χ4n) is 3.50. The van der Waals surface area contributed by atoms with Crippen LogP contribution < -0.4 is 10.2 Å². The van der Waals surface area contributed by atoms with E-state index in [-0.39, 0.29) is 18.6 Å². The molecule has 0 spiro atoms. The Morgan fingerprint density at radius 2 is 2.17 bits per heavy atom. The van der Waals surface area contributed by atoms with Crippen LogP contribution in [0.1, 0.15) is 17.9 Å². The number of aliphatic hydroxyl groups excluding tert-OH is 1. The molecule has 1 unspecified atom stereocenters. The number of pyridine rings is 1. The number of aliphatic hydroxyl groups is 1. The number of rotatable bonds is 5. The molecule has 9 nitrogen and oxygen atoms in total. The van der Waals surface area contributed by atoms with Crippen LogP contribution >= 0.6 is 0 Å². The van der Waals surface area contributed by atoms with Crippen molar-refractivity contribution in [2.24, 2.45) is 7.05 Å². The molecule has 4 rings (SSSR count). The van der Waals surface area contributed by atoms with Gasteiger partial charge in [-0.05, 0) is 40.6 Å². The van der Waals surface area contributed by atoms with Gasteiger partial charge in [-0.3, -0.25) is 9.69 Å². The lowest BCUT2D eigenvalue weighted by atomic mass is 9.93. The van der Waals surface area contributed by atoms with Crippen molar-refractivity contribution >= 4 is 17.7 Å². The number of anilines is 2. The number of aromatic nitrogens is 5. The summed E-state index contributed by atoms with van der Waals surface area (Å²) in [6.07, 6.45) is 2.03. The average molecular weight is 397 g/mol. The van der Waals surface area contributed by atoms with Crippen LogP contribution in [0.2, 0.25) is 0 Å².